The van der Waals surface area contributed by atoms with Crippen LogP contribution in [0.1, 0.15) is 23.6 Å². The second-order valence-electron chi connectivity index (χ2n) is 4.83. The van der Waals surface area contributed by atoms with Gasteiger partial charge in [0, 0.05) is 21.4 Å². The van der Waals surface area contributed by atoms with Crippen LogP contribution in [0.5, 0.6) is 0 Å². The fourth-order valence-corrected chi connectivity index (χ4v) is 3.82. The lowest BCUT2D eigenvalue weighted by atomic mass is 10.0. The van der Waals surface area contributed by atoms with E-state index in [2.05, 4.69) is 42.6 Å². The molecular weight excluding hydrogens is 274 g/mol. The Morgan fingerprint density at radius 3 is 2.89 bits per heavy atom. The van der Waals surface area contributed by atoms with Gasteiger partial charge < -0.3 is 5.32 Å². The Balaban J connectivity index is 1.88. The number of halogens is 1. The van der Waals surface area contributed by atoms with Crippen LogP contribution in [0.15, 0.2) is 47.4 Å². The molecule has 98 valence electrons. The van der Waals surface area contributed by atoms with Crippen molar-refractivity contribution >= 4 is 29.1 Å². The van der Waals surface area contributed by atoms with Gasteiger partial charge in [0.2, 0.25) is 0 Å². The maximum atomic E-state index is 6.01. The van der Waals surface area contributed by atoms with Crippen LogP contribution in [0.3, 0.4) is 0 Å². The van der Waals surface area contributed by atoms with Crippen molar-refractivity contribution in [3.8, 4) is 0 Å². The van der Waals surface area contributed by atoms with Crippen LogP contribution >= 0.6 is 23.4 Å². The second-order valence-corrected chi connectivity index (χ2v) is 6.40. The normalized spacial score (nSPS) is 17.9. The summed E-state index contributed by atoms with van der Waals surface area (Å²) in [4.78, 5) is 1.40. The molecule has 1 atom stereocenters. The number of aryl methyl sites for hydroxylation is 1. The third-order valence-electron chi connectivity index (χ3n) is 3.48. The molecule has 0 saturated carbocycles. The largest absolute Gasteiger partial charge is 0.378 e. The summed E-state index contributed by atoms with van der Waals surface area (Å²) in [6, 6.07) is 15.1. The van der Waals surface area contributed by atoms with Crippen LogP contribution in [0.25, 0.3) is 0 Å². The molecule has 0 radical (unpaired) electrons. The molecule has 3 heteroatoms. The van der Waals surface area contributed by atoms with Gasteiger partial charge in [-0.25, -0.2) is 0 Å². The molecule has 1 unspecified atom stereocenters. The van der Waals surface area contributed by atoms with E-state index in [4.69, 9.17) is 11.6 Å². The summed E-state index contributed by atoms with van der Waals surface area (Å²) < 4.78 is 0. The summed E-state index contributed by atoms with van der Waals surface area (Å²) in [6.07, 6.45) is 1.16. The van der Waals surface area contributed by atoms with E-state index in [-0.39, 0.29) is 0 Å². The van der Waals surface area contributed by atoms with Gasteiger partial charge in [-0.3, -0.25) is 0 Å². The van der Waals surface area contributed by atoms with Crippen LogP contribution in [-0.2, 0) is 0 Å². The number of anilines is 1. The number of fused-ring (bicyclic) bond motifs is 1. The van der Waals surface area contributed by atoms with E-state index < -0.39 is 0 Å². The first-order valence-corrected chi connectivity index (χ1v) is 7.85. The Bertz CT molecular complexity index is 597. The molecular formula is C16H16ClNS. The van der Waals surface area contributed by atoms with Crippen molar-refractivity contribution in [1.29, 1.82) is 0 Å². The van der Waals surface area contributed by atoms with E-state index in [1.807, 2.05) is 23.9 Å². The molecule has 0 saturated heterocycles. The van der Waals surface area contributed by atoms with Gasteiger partial charge >= 0.3 is 0 Å². The molecule has 2 aromatic rings. The minimum atomic E-state index is 0.400. The monoisotopic (exact) mass is 289 g/mol. The lowest BCUT2D eigenvalue weighted by Crippen LogP contribution is -2.16. The van der Waals surface area contributed by atoms with Crippen molar-refractivity contribution in [2.45, 2.75) is 24.3 Å². The molecule has 0 fully saturated rings. The molecule has 0 amide bonds. The van der Waals surface area contributed by atoms with E-state index in [1.165, 1.54) is 27.5 Å². The quantitative estimate of drug-likeness (QED) is 0.805. The van der Waals surface area contributed by atoms with E-state index in [0.29, 0.717) is 6.04 Å². The van der Waals surface area contributed by atoms with Crippen LogP contribution in [0.2, 0.25) is 5.02 Å². The maximum Gasteiger partial charge on any atom is 0.0532 e. The number of hydrogen-bond donors (Lipinski definition) is 1. The van der Waals surface area contributed by atoms with Gasteiger partial charge in [-0.15, -0.1) is 11.8 Å². The molecule has 1 nitrogen and oxygen atoms in total. The summed E-state index contributed by atoms with van der Waals surface area (Å²) in [6.45, 7) is 2.09. The highest BCUT2D eigenvalue weighted by Crippen LogP contribution is 2.38. The molecule has 1 heterocycles. The highest BCUT2D eigenvalue weighted by molar-refractivity contribution is 7.99. The van der Waals surface area contributed by atoms with Crippen LogP contribution in [-0.4, -0.2) is 5.75 Å². The molecule has 0 bridgehead atoms. The average Bonchev–Trinajstić information content (AvgIpc) is 2.42. The van der Waals surface area contributed by atoms with E-state index in [9.17, 15) is 0 Å². The van der Waals surface area contributed by atoms with Crippen molar-refractivity contribution in [3.63, 3.8) is 0 Å². The van der Waals surface area contributed by atoms with Gasteiger partial charge in [0.15, 0.2) is 0 Å². The van der Waals surface area contributed by atoms with Gasteiger partial charge in [0.1, 0.15) is 0 Å². The highest BCUT2D eigenvalue weighted by atomic mass is 35.5. The zero-order valence-electron chi connectivity index (χ0n) is 10.8. The second kappa shape index (κ2) is 5.48. The average molecular weight is 290 g/mol. The zero-order valence-corrected chi connectivity index (χ0v) is 12.4. The summed E-state index contributed by atoms with van der Waals surface area (Å²) in [7, 11) is 0. The minimum Gasteiger partial charge on any atom is -0.378 e. The smallest absolute Gasteiger partial charge is 0.0532 e. The van der Waals surface area contributed by atoms with Gasteiger partial charge in [0.05, 0.1) is 6.04 Å². The predicted octanol–water partition coefficient (Wildman–Crippen LogP) is 5.30. The van der Waals surface area contributed by atoms with Gasteiger partial charge in [-0.2, -0.15) is 0 Å². The third kappa shape index (κ3) is 2.75. The SMILES string of the molecule is Cc1cc(Cl)ccc1NC1CCSc2ccccc21. The Kier molecular flexibility index (Phi) is 3.72. The van der Waals surface area contributed by atoms with Crippen LogP contribution in [0, 0.1) is 6.92 Å². The van der Waals surface area contributed by atoms with Gasteiger partial charge in [0.25, 0.3) is 0 Å². The molecule has 3 rings (SSSR count). The van der Waals surface area contributed by atoms with Crippen molar-refractivity contribution in [2.75, 3.05) is 11.1 Å². The third-order valence-corrected chi connectivity index (χ3v) is 4.83. The van der Waals surface area contributed by atoms with E-state index in [0.717, 1.165) is 11.4 Å². The number of nitrogens with one attached hydrogen (secondary N) is 1. The predicted molar refractivity (Wildman–Crippen MR) is 84.3 cm³/mol. The Morgan fingerprint density at radius 2 is 2.05 bits per heavy atom. The summed E-state index contributed by atoms with van der Waals surface area (Å²) in [5.41, 5.74) is 3.78. The molecule has 1 N–H and O–H groups in total. The minimum absolute atomic E-state index is 0.400. The fraction of sp³-hybridized carbons (Fsp3) is 0.250. The first-order chi connectivity index (χ1) is 9.24. The van der Waals surface area contributed by atoms with Crippen LogP contribution in [0.4, 0.5) is 5.69 Å². The maximum absolute atomic E-state index is 6.01. The molecule has 1 aliphatic rings. The summed E-state index contributed by atoms with van der Waals surface area (Å²) in [5, 5.41) is 4.45. The van der Waals surface area contributed by atoms with Crippen molar-refractivity contribution < 1.29 is 0 Å². The lowest BCUT2D eigenvalue weighted by Gasteiger charge is -2.27. The first kappa shape index (κ1) is 12.9. The number of hydrogen-bond acceptors (Lipinski definition) is 2. The number of rotatable bonds is 2. The zero-order chi connectivity index (χ0) is 13.2. The molecule has 0 aliphatic carbocycles. The summed E-state index contributed by atoms with van der Waals surface area (Å²) >= 11 is 7.96. The number of benzene rings is 2. The van der Waals surface area contributed by atoms with Crippen LogP contribution < -0.4 is 5.32 Å². The lowest BCUT2D eigenvalue weighted by molar-refractivity contribution is 0.728. The molecule has 0 spiro atoms. The van der Waals surface area contributed by atoms with Gasteiger partial charge in [-0.05, 0) is 48.7 Å². The van der Waals surface area contributed by atoms with E-state index in [1.54, 1.807) is 0 Å². The molecule has 19 heavy (non-hydrogen) atoms. The Labute approximate surface area is 123 Å². The van der Waals surface area contributed by atoms with Crippen molar-refractivity contribution in [1.82, 2.24) is 0 Å². The number of thioether (sulfide) groups is 1. The standard InChI is InChI=1S/C16H16ClNS/c1-11-10-12(17)6-7-14(11)18-15-8-9-19-16-5-3-2-4-13(15)16/h2-7,10,15,18H,8-9H2,1H3. The van der Waals surface area contributed by atoms with Crippen molar-refractivity contribution in [3.05, 3.63) is 58.6 Å². The fourth-order valence-electron chi connectivity index (χ4n) is 2.47. The summed E-state index contributed by atoms with van der Waals surface area (Å²) in [5.74, 6) is 1.17. The molecule has 2 aromatic carbocycles. The highest BCUT2D eigenvalue weighted by Gasteiger charge is 2.20. The topological polar surface area (TPSA) is 12.0 Å². The molecule has 0 aromatic heterocycles. The van der Waals surface area contributed by atoms with Crippen molar-refractivity contribution in [2.24, 2.45) is 0 Å². The molecule has 1 aliphatic heterocycles. The van der Waals surface area contributed by atoms with Gasteiger partial charge in [-0.1, -0.05) is 29.8 Å². The Hall–Kier alpha value is -1.12. The van der Waals surface area contributed by atoms with E-state index >= 15 is 0 Å². The first-order valence-electron chi connectivity index (χ1n) is 6.48. The Morgan fingerprint density at radius 1 is 1.21 bits per heavy atom.